The highest BCUT2D eigenvalue weighted by molar-refractivity contribution is 5.88. The van der Waals surface area contributed by atoms with Crippen molar-refractivity contribution >= 4 is 22.1 Å². The van der Waals surface area contributed by atoms with E-state index in [-0.39, 0.29) is 0 Å². The molecule has 8 heteroatoms. The number of pyridine rings is 2. The SMILES string of the molecule is CCc1nc2c(C)cc(C)nc2n1Cc1ccc(-c2cc(-c3ccc4ncccc4c3)ccc2-c2nn[nH]n2)cc1. The Morgan fingerprint density at radius 1 is 0.805 bits per heavy atom. The molecule has 8 nitrogen and oxygen atoms in total. The number of H-pyrrole nitrogens is 1. The van der Waals surface area contributed by atoms with Crippen LogP contribution in [0.2, 0.25) is 0 Å². The molecule has 41 heavy (non-hydrogen) atoms. The van der Waals surface area contributed by atoms with Gasteiger partial charge >= 0.3 is 0 Å². The van der Waals surface area contributed by atoms with Gasteiger partial charge in [0, 0.05) is 29.3 Å². The minimum absolute atomic E-state index is 0.563. The molecule has 7 rings (SSSR count). The largest absolute Gasteiger partial charge is 0.308 e. The van der Waals surface area contributed by atoms with Crippen LogP contribution < -0.4 is 0 Å². The van der Waals surface area contributed by atoms with Crippen LogP contribution in [-0.2, 0) is 13.0 Å². The van der Waals surface area contributed by atoms with Crippen LogP contribution >= 0.6 is 0 Å². The van der Waals surface area contributed by atoms with Gasteiger partial charge in [-0.3, -0.25) is 4.98 Å². The zero-order chi connectivity index (χ0) is 27.9. The molecule has 0 saturated carbocycles. The second-order valence-electron chi connectivity index (χ2n) is 10.3. The molecule has 0 fully saturated rings. The van der Waals surface area contributed by atoms with Gasteiger partial charge in [0.05, 0.1) is 12.1 Å². The Labute approximate surface area is 237 Å². The quantitative estimate of drug-likeness (QED) is 0.253. The van der Waals surface area contributed by atoms with E-state index >= 15 is 0 Å². The Morgan fingerprint density at radius 3 is 2.41 bits per heavy atom. The maximum atomic E-state index is 4.90. The number of benzene rings is 3. The summed E-state index contributed by atoms with van der Waals surface area (Å²) in [5, 5.41) is 16.0. The number of aromatic amines is 1. The Kier molecular flexibility index (Phi) is 6.08. The van der Waals surface area contributed by atoms with Gasteiger partial charge in [0.2, 0.25) is 5.82 Å². The molecular formula is C33H28N8. The predicted octanol–water partition coefficient (Wildman–Crippen LogP) is 6.72. The number of tetrazole rings is 1. The normalized spacial score (nSPS) is 11.5. The van der Waals surface area contributed by atoms with E-state index in [2.05, 4.69) is 117 Å². The van der Waals surface area contributed by atoms with Crippen molar-refractivity contribution in [3.8, 4) is 33.6 Å². The van der Waals surface area contributed by atoms with E-state index in [1.54, 1.807) is 0 Å². The number of nitrogens with one attached hydrogen (secondary N) is 1. The van der Waals surface area contributed by atoms with Crippen molar-refractivity contribution in [2.24, 2.45) is 0 Å². The lowest BCUT2D eigenvalue weighted by atomic mass is 9.93. The van der Waals surface area contributed by atoms with Gasteiger partial charge in [0.1, 0.15) is 11.3 Å². The first-order valence-corrected chi connectivity index (χ1v) is 13.7. The third-order valence-electron chi connectivity index (χ3n) is 7.57. The zero-order valence-electron chi connectivity index (χ0n) is 23.1. The van der Waals surface area contributed by atoms with Crippen molar-refractivity contribution in [1.82, 2.24) is 40.1 Å². The molecule has 0 aliphatic rings. The molecule has 0 amide bonds. The van der Waals surface area contributed by atoms with Crippen molar-refractivity contribution in [3.63, 3.8) is 0 Å². The summed E-state index contributed by atoms with van der Waals surface area (Å²) in [6.07, 6.45) is 2.67. The summed E-state index contributed by atoms with van der Waals surface area (Å²) in [6.45, 7) is 6.99. The number of hydrogen-bond donors (Lipinski definition) is 1. The van der Waals surface area contributed by atoms with Crippen LogP contribution in [0, 0.1) is 13.8 Å². The van der Waals surface area contributed by atoms with E-state index in [0.29, 0.717) is 12.4 Å². The van der Waals surface area contributed by atoms with E-state index in [4.69, 9.17) is 9.97 Å². The van der Waals surface area contributed by atoms with E-state index in [9.17, 15) is 0 Å². The molecular weight excluding hydrogens is 508 g/mol. The number of aromatic nitrogens is 8. The third-order valence-corrected chi connectivity index (χ3v) is 7.57. The number of imidazole rings is 1. The molecule has 7 aromatic rings. The average molecular weight is 537 g/mol. The maximum absolute atomic E-state index is 4.90. The summed E-state index contributed by atoms with van der Waals surface area (Å²) >= 11 is 0. The molecule has 0 aliphatic heterocycles. The van der Waals surface area contributed by atoms with E-state index < -0.39 is 0 Å². The Morgan fingerprint density at radius 2 is 1.61 bits per heavy atom. The first kappa shape index (κ1) is 24.8. The Hall–Kier alpha value is -5.24. The van der Waals surface area contributed by atoms with Crippen LogP contribution in [-0.4, -0.2) is 40.1 Å². The predicted molar refractivity (Wildman–Crippen MR) is 161 cm³/mol. The third kappa shape index (κ3) is 4.53. The fraction of sp³-hybridized carbons (Fsp3) is 0.152. The van der Waals surface area contributed by atoms with Gasteiger partial charge in [0.25, 0.3) is 0 Å². The van der Waals surface area contributed by atoms with Crippen LogP contribution in [0.25, 0.3) is 55.7 Å². The molecule has 0 radical (unpaired) electrons. The lowest BCUT2D eigenvalue weighted by molar-refractivity contribution is 0.745. The second-order valence-corrected chi connectivity index (χ2v) is 10.3. The van der Waals surface area contributed by atoms with Crippen LogP contribution in [0.1, 0.15) is 29.6 Å². The number of rotatable bonds is 6. The van der Waals surface area contributed by atoms with Crippen LogP contribution in [0.15, 0.2) is 85.1 Å². The molecule has 200 valence electrons. The first-order chi connectivity index (χ1) is 20.1. The topological polar surface area (TPSA) is 98.1 Å². The van der Waals surface area contributed by atoms with Gasteiger partial charge in [0.15, 0.2) is 5.65 Å². The van der Waals surface area contributed by atoms with Gasteiger partial charge in [-0.1, -0.05) is 49.4 Å². The second kappa shape index (κ2) is 10.1. The highest BCUT2D eigenvalue weighted by Crippen LogP contribution is 2.35. The van der Waals surface area contributed by atoms with Crippen LogP contribution in [0.5, 0.6) is 0 Å². The maximum Gasteiger partial charge on any atom is 0.205 e. The lowest BCUT2D eigenvalue weighted by Crippen LogP contribution is -2.05. The average Bonchev–Trinajstić information content (AvgIpc) is 3.66. The highest BCUT2D eigenvalue weighted by atomic mass is 15.5. The smallest absolute Gasteiger partial charge is 0.205 e. The summed E-state index contributed by atoms with van der Waals surface area (Å²) in [4.78, 5) is 14.2. The fourth-order valence-electron chi connectivity index (χ4n) is 5.55. The monoisotopic (exact) mass is 536 g/mol. The van der Waals surface area contributed by atoms with Gasteiger partial charge in [-0.05, 0) is 88.8 Å². The molecule has 0 unspecified atom stereocenters. The summed E-state index contributed by atoms with van der Waals surface area (Å²) < 4.78 is 2.24. The Bertz CT molecular complexity index is 2020. The molecule has 0 bridgehead atoms. The van der Waals surface area contributed by atoms with Gasteiger partial charge in [-0.2, -0.15) is 5.21 Å². The highest BCUT2D eigenvalue weighted by Gasteiger charge is 2.16. The van der Waals surface area contributed by atoms with E-state index in [1.165, 1.54) is 5.56 Å². The minimum atomic E-state index is 0.563. The summed E-state index contributed by atoms with van der Waals surface area (Å²) in [5.41, 5.74) is 11.5. The molecule has 3 aromatic carbocycles. The molecule has 1 N–H and O–H groups in total. The summed E-state index contributed by atoms with van der Waals surface area (Å²) in [5.74, 6) is 1.61. The number of hydrogen-bond acceptors (Lipinski definition) is 6. The van der Waals surface area contributed by atoms with Gasteiger partial charge in [-0.25, -0.2) is 9.97 Å². The molecule has 0 aliphatic carbocycles. The number of aryl methyl sites for hydroxylation is 3. The van der Waals surface area contributed by atoms with Crippen molar-refractivity contribution in [3.05, 3.63) is 108 Å². The van der Waals surface area contributed by atoms with Crippen molar-refractivity contribution in [1.29, 1.82) is 0 Å². The first-order valence-electron chi connectivity index (χ1n) is 13.7. The van der Waals surface area contributed by atoms with Crippen molar-refractivity contribution < 1.29 is 0 Å². The number of nitrogens with zero attached hydrogens (tertiary/aromatic N) is 7. The van der Waals surface area contributed by atoms with E-state index in [1.807, 2.05) is 19.2 Å². The number of fused-ring (bicyclic) bond motifs is 2. The lowest BCUT2D eigenvalue weighted by Gasteiger charge is -2.13. The minimum Gasteiger partial charge on any atom is -0.308 e. The molecule has 0 saturated heterocycles. The van der Waals surface area contributed by atoms with Crippen molar-refractivity contribution in [2.75, 3.05) is 0 Å². The van der Waals surface area contributed by atoms with Gasteiger partial charge < -0.3 is 4.57 Å². The Balaban J connectivity index is 1.28. The standard InChI is InChI=1S/C33H28N8/c1-4-30-36-31-20(2)16-21(3)35-33(31)41(30)19-22-7-9-23(10-8-22)28-18-25(11-13-27(28)32-37-39-40-38-32)24-12-14-29-26(17-24)6-5-15-34-29/h5-18H,4,19H2,1-3H3,(H,37,38,39,40). The molecule has 0 spiro atoms. The summed E-state index contributed by atoms with van der Waals surface area (Å²) in [7, 11) is 0. The van der Waals surface area contributed by atoms with Crippen molar-refractivity contribution in [2.45, 2.75) is 33.7 Å². The zero-order valence-corrected chi connectivity index (χ0v) is 23.1. The van der Waals surface area contributed by atoms with E-state index in [0.717, 1.165) is 73.4 Å². The molecule has 4 heterocycles. The fourth-order valence-corrected chi connectivity index (χ4v) is 5.55. The molecule has 4 aromatic heterocycles. The summed E-state index contributed by atoms with van der Waals surface area (Å²) in [6, 6.07) is 27.6. The van der Waals surface area contributed by atoms with Crippen LogP contribution in [0.4, 0.5) is 0 Å². The molecule has 0 atom stereocenters. The van der Waals surface area contributed by atoms with Gasteiger partial charge in [-0.15, -0.1) is 10.2 Å². The van der Waals surface area contributed by atoms with Crippen LogP contribution in [0.3, 0.4) is 0 Å².